The summed E-state index contributed by atoms with van der Waals surface area (Å²) >= 11 is 3.07. The lowest BCUT2D eigenvalue weighted by atomic mass is 10.2. The summed E-state index contributed by atoms with van der Waals surface area (Å²) in [5.74, 6) is -0.107. The monoisotopic (exact) mass is 424 g/mol. The molecule has 1 heterocycles. The predicted molar refractivity (Wildman–Crippen MR) is 120 cm³/mol. The molecule has 2 N–H and O–H groups in total. The maximum atomic E-state index is 12.9. The minimum atomic E-state index is -0.390. The van der Waals surface area contributed by atoms with Crippen LogP contribution in [0.1, 0.15) is 15.2 Å². The number of hydrogen-bond donors (Lipinski definition) is 2. The molecular formula is C22H20N2O3S2. The molecule has 0 atom stereocenters. The van der Waals surface area contributed by atoms with E-state index in [0.717, 1.165) is 9.77 Å². The zero-order valence-corrected chi connectivity index (χ0v) is 17.6. The van der Waals surface area contributed by atoms with E-state index < -0.39 is 5.91 Å². The third kappa shape index (κ3) is 5.73. The Morgan fingerprint density at radius 2 is 1.86 bits per heavy atom. The number of hydrogen-bond acceptors (Lipinski definition) is 5. The Morgan fingerprint density at radius 3 is 2.52 bits per heavy atom. The Bertz CT molecular complexity index is 1010. The van der Waals surface area contributed by atoms with E-state index >= 15 is 0 Å². The van der Waals surface area contributed by atoms with Gasteiger partial charge in [-0.15, -0.1) is 23.1 Å². The fourth-order valence-corrected chi connectivity index (χ4v) is 3.63. The smallest absolute Gasteiger partial charge is 0.272 e. The first-order chi connectivity index (χ1) is 14.1. The molecule has 3 aromatic rings. The second-order valence-electron chi connectivity index (χ2n) is 5.94. The molecule has 29 heavy (non-hydrogen) atoms. The van der Waals surface area contributed by atoms with Gasteiger partial charge in [0, 0.05) is 21.0 Å². The number of amides is 2. The van der Waals surface area contributed by atoms with Crippen LogP contribution in [0.25, 0.3) is 6.08 Å². The summed E-state index contributed by atoms with van der Waals surface area (Å²) in [5.41, 5.74) is 1.26. The molecular weight excluding hydrogens is 404 g/mol. The van der Waals surface area contributed by atoms with E-state index in [1.165, 1.54) is 11.3 Å². The van der Waals surface area contributed by atoms with E-state index in [2.05, 4.69) is 10.6 Å². The van der Waals surface area contributed by atoms with Gasteiger partial charge in [0.25, 0.3) is 11.8 Å². The minimum absolute atomic E-state index is 0.169. The fourth-order valence-electron chi connectivity index (χ4n) is 2.51. The fraction of sp³-hybridized carbons (Fsp3) is 0.0909. The van der Waals surface area contributed by atoms with Gasteiger partial charge < -0.3 is 15.4 Å². The van der Waals surface area contributed by atoms with Crippen LogP contribution in [-0.4, -0.2) is 25.2 Å². The highest BCUT2D eigenvalue weighted by molar-refractivity contribution is 7.98. The van der Waals surface area contributed by atoms with E-state index in [0.29, 0.717) is 17.0 Å². The molecule has 7 heteroatoms. The Hall–Kier alpha value is -3.03. The molecule has 0 unspecified atom stereocenters. The normalized spacial score (nSPS) is 11.0. The van der Waals surface area contributed by atoms with Crippen LogP contribution in [0.2, 0.25) is 0 Å². The van der Waals surface area contributed by atoms with Crippen molar-refractivity contribution >= 4 is 46.7 Å². The first kappa shape index (κ1) is 20.7. The Balaban J connectivity index is 1.82. The van der Waals surface area contributed by atoms with Crippen molar-refractivity contribution in [3.8, 4) is 5.75 Å². The summed E-state index contributed by atoms with van der Waals surface area (Å²) in [5, 5.41) is 7.49. The van der Waals surface area contributed by atoms with Crippen LogP contribution >= 0.6 is 23.1 Å². The number of nitrogens with one attached hydrogen (secondary N) is 2. The molecule has 0 fully saturated rings. The third-order valence-electron chi connectivity index (χ3n) is 4.00. The van der Waals surface area contributed by atoms with Crippen molar-refractivity contribution in [1.29, 1.82) is 0 Å². The van der Waals surface area contributed by atoms with Crippen LogP contribution in [0.4, 0.5) is 5.69 Å². The summed E-state index contributed by atoms with van der Waals surface area (Å²) in [6.45, 7) is 0. The lowest BCUT2D eigenvalue weighted by Crippen LogP contribution is -2.30. The SMILES string of the molecule is COc1ccc(C(=O)N/C(=C\c2cccs2)C(=O)Nc2cccc(SC)c2)cc1. The van der Waals surface area contributed by atoms with Gasteiger partial charge in [-0.25, -0.2) is 0 Å². The molecule has 1 aromatic heterocycles. The molecule has 0 spiro atoms. The van der Waals surface area contributed by atoms with Gasteiger partial charge in [-0.05, 0) is 66.2 Å². The maximum Gasteiger partial charge on any atom is 0.272 e. The number of anilines is 1. The highest BCUT2D eigenvalue weighted by atomic mass is 32.2. The summed E-state index contributed by atoms with van der Waals surface area (Å²) in [6.07, 6.45) is 3.64. The Labute approximate surface area is 177 Å². The second-order valence-corrected chi connectivity index (χ2v) is 7.80. The van der Waals surface area contributed by atoms with Gasteiger partial charge in [-0.3, -0.25) is 9.59 Å². The third-order valence-corrected chi connectivity index (χ3v) is 5.55. The van der Waals surface area contributed by atoms with Gasteiger partial charge >= 0.3 is 0 Å². The molecule has 0 radical (unpaired) electrons. The van der Waals surface area contributed by atoms with Gasteiger partial charge in [-0.1, -0.05) is 12.1 Å². The Morgan fingerprint density at radius 1 is 1.07 bits per heavy atom. The highest BCUT2D eigenvalue weighted by Gasteiger charge is 2.15. The number of thiophene rings is 1. The van der Waals surface area contributed by atoms with Crippen LogP contribution < -0.4 is 15.4 Å². The second kappa shape index (κ2) is 9.95. The zero-order valence-electron chi connectivity index (χ0n) is 16.0. The van der Waals surface area contributed by atoms with Crippen LogP contribution in [0, 0.1) is 0 Å². The first-order valence-corrected chi connectivity index (χ1v) is 10.9. The van der Waals surface area contributed by atoms with Crippen molar-refractivity contribution in [2.24, 2.45) is 0 Å². The average Bonchev–Trinajstić information content (AvgIpc) is 3.26. The molecule has 0 saturated heterocycles. The first-order valence-electron chi connectivity index (χ1n) is 8.75. The predicted octanol–water partition coefficient (Wildman–Crippen LogP) is 4.89. The maximum absolute atomic E-state index is 12.9. The number of carbonyl (C=O) groups is 2. The number of ether oxygens (including phenoxy) is 1. The van der Waals surface area contributed by atoms with Crippen molar-refractivity contribution in [1.82, 2.24) is 5.32 Å². The topological polar surface area (TPSA) is 67.4 Å². The molecule has 0 bridgehead atoms. The molecule has 0 saturated carbocycles. The summed E-state index contributed by atoms with van der Waals surface area (Å²) < 4.78 is 5.12. The average molecular weight is 425 g/mol. The lowest BCUT2D eigenvalue weighted by molar-refractivity contribution is -0.113. The highest BCUT2D eigenvalue weighted by Crippen LogP contribution is 2.20. The van der Waals surface area contributed by atoms with Gasteiger partial charge in [-0.2, -0.15) is 0 Å². The molecule has 0 aliphatic rings. The standard InChI is InChI=1S/C22H20N2O3S2/c1-27-17-10-8-15(9-11-17)21(25)24-20(14-19-7-4-12-29-19)22(26)23-16-5-3-6-18(13-16)28-2/h3-14H,1-2H3,(H,23,26)(H,24,25)/b20-14-. The molecule has 3 rings (SSSR count). The number of carbonyl (C=O) groups excluding carboxylic acids is 2. The van der Waals surface area contributed by atoms with Crippen LogP contribution in [-0.2, 0) is 4.79 Å². The molecule has 2 amide bonds. The van der Waals surface area contributed by atoms with Crippen molar-refractivity contribution < 1.29 is 14.3 Å². The van der Waals surface area contributed by atoms with Crippen molar-refractivity contribution in [3.05, 3.63) is 82.2 Å². The quantitative estimate of drug-likeness (QED) is 0.419. The van der Waals surface area contributed by atoms with Gasteiger partial charge in [0.15, 0.2) is 0 Å². The van der Waals surface area contributed by atoms with Gasteiger partial charge in [0.2, 0.25) is 0 Å². The van der Waals surface area contributed by atoms with E-state index in [4.69, 9.17) is 4.74 Å². The van der Waals surface area contributed by atoms with Crippen molar-refractivity contribution in [3.63, 3.8) is 0 Å². The summed E-state index contributed by atoms with van der Waals surface area (Å²) in [6, 6.07) is 18.0. The Kier molecular flexibility index (Phi) is 7.10. The van der Waals surface area contributed by atoms with Crippen LogP contribution in [0.3, 0.4) is 0 Å². The largest absolute Gasteiger partial charge is 0.497 e. The van der Waals surface area contributed by atoms with Crippen LogP contribution in [0.5, 0.6) is 5.75 Å². The molecule has 5 nitrogen and oxygen atoms in total. The summed E-state index contributed by atoms with van der Waals surface area (Å²) in [7, 11) is 1.56. The number of rotatable bonds is 7. The van der Waals surface area contributed by atoms with E-state index in [9.17, 15) is 9.59 Å². The zero-order chi connectivity index (χ0) is 20.6. The molecule has 148 valence electrons. The van der Waals surface area contributed by atoms with E-state index in [-0.39, 0.29) is 11.6 Å². The van der Waals surface area contributed by atoms with E-state index in [1.54, 1.807) is 49.2 Å². The molecule has 2 aromatic carbocycles. The van der Waals surface area contributed by atoms with Crippen molar-refractivity contribution in [2.75, 3.05) is 18.7 Å². The number of methoxy groups -OCH3 is 1. The number of benzene rings is 2. The minimum Gasteiger partial charge on any atom is -0.497 e. The van der Waals surface area contributed by atoms with Crippen molar-refractivity contribution in [2.45, 2.75) is 4.90 Å². The number of thioether (sulfide) groups is 1. The summed E-state index contributed by atoms with van der Waals surface area (Å²) in [4.78, 5) is 27.5. The lowest BCUT2D eigenvalue weighted by Gasteiger charge is -2.12. The van der Waals surface area contributed by atoms with Crippen LogP contribution in [0.15, 0.2) is 76.6 Å². The van der Waals surface area contributed by atoms with Gasteiger partial charge in [0.1, 0.15) is 11.4 Å². The molecule has 0 aliphatic heterocycles. The van der Waals surface area contributed by atoms with Gasteiger partial charge in [0.05, 0.1) is 7.11 Å². The van der Waals surface area contributed by atoms with E-state index in [1.807, 2.05) is 48.0 Å². The molecule has 0 aliphatic carbocycles.